The zero-order chi connectivity index (χ0) is 20.1. The van der Waals surface area contributed by atoms with E-state index in [4.69, 9.17) is 27.4 Å². The normalized spacial score (nSPS) is 23.8. The smallest absolute Gasteiger partial charge is 0.338 e. The van der Waals surface area contributed by atoms with E-state index in [1.54, 1.807) is 60.7 Å². The van der Waals surface area contributed by atoms with E-state index in [1.165, 1.54) is 0 Å². The molecule has 2 aromatic rings. The molecular formula is C20H20N2O5S. The summed E-state index contributed by atoms with van der Waals surface area (Å²) in [7, 11) is 0. The highest BCUT2D eigenvalue weighted by molar-refractivity contribution is 7.80. The first kappa shape index (κ1) is 19.9. The number of hydrogen-bond donors (Lipinski definition) is 3. The maximum absolute atomic E-state index is 12.4. The number of ether oxygens (including phenoxy) is 2. The molecule has 1 heterocycles. The van der Waals surface area contributed by atoms with E-state index in [2.05, 4.69) is 5.32 Å². The third kappa shape index (κ3) is 4.53. The number of aliphatic hydroxyl groups is 1. The summed E-state index contributed by atoms with van der Waals surface area (Å²) in [4.78, 5) is 24.5. The Morgan fingerprint density at radius 2 is 1.64 bits per heavy atom. The van der Waals surface area contributed by atoms with E-state index in [0.717, 1.165) is 0 Å². The minimum Gasteiger partial charge on any atom is -0.459 e. The standard InChI is InChI=1S/C20H20N2O5S/c21-18(28)17-15(22-19(24)12-7-3-1-4-8-12)16(23)14(27-17)11-26-20(25)13-9-5-2-6-10-13/h1-10,14-17,23H,11H2,(H2,21,28)(H,22,24)/t14-,15-,16-,17-/m1/s1. The first-order valence-corrected chi connectivity index (χ1v) is 9.09. The minimum atomic E-state index is -1.15. The fourth-order valence-electron chi connectivity index (χ4n) is 2.95. The molecule has 4 N–H and O–H groups in total. The Kier molecular flexibility index (Phi) is 6.35. The van der Waals surface area contributed by atoms with Crippen molar-refractivity contribution in [1.29, 1.82) is 0 Å². The van der Waals surface area contributed by atoms with Crippen molar-refractivity contribution in [2.45, 2.75) is 24.4 Å². The number of rotatable bonds is 6. The average Bonchev–Trinajstić information content (AvgIpc) is 3.03. The molecule has 8 heteroatoms. The Labute approximate surface area is 167 Å². The lowest BCUT2D eigenvalue weighted by molar-refractivity contribution is -0.0221. The van der Waals surface area contributed by atoms with Crippen molar-refractivity contribution in [3.05, 3.63) is 71.8 Å². The van der Waals surface area contributed by atoms with Gasteiger partial charge in [0.2, 0.25) is 0 Å². The molecule has 1 amide bonds. The lowest BCUT2D eigenvalue weighted by Crippen LogP contribution is -2.51. The molecule has 0 aliphatic carbocycles. The summed E-state index contributed by atoms with van der Waals surface area (Å²) in [5.41, 5.74) is 6.52. The zero-order valence-electron chi connectivity index (χ0n) is 14.9. The molecule has 1 saturated heterocycles. The number of nitrogens with one attached hydrogen (secondary N) is 1. The Bertz CT molecular complexity index is 846. The lowest BCUT2D eigenvalue weighted by Gasteiger charge is -2.21. The molecular weight excluding hydrogens is 380 g/mol. The van der Waals surface area contributed by atoms with Crippen LogP contribution < -0.4 is 11.1 Å². The molecule has 146 valence electrons. The second-order valence-electron chi connectivity index (χ2n) is 6.32. The van der Waals surface area contributed by atoms with Crippen molar-refractivity contribution in [1.82, 2.24) is 5.32 Å². The highest BCUT2D eigenvalue weighted by atomic mass is 32.1. The van der Waals surface area contributed by atoms with Crippen molar-refractivity contribution in [3.8, 4) is 0 Å². The maximum Gasteiger partial charge on any atom is 0.338 e. The highest BCUT2D eigenvalue weighted by Crippen LogP contribution is 2.23. The van der Waals surface area contributed by atoms with E-state index >= 15 is 0 Å². The third-order valence-corrected chi connectivity index (χ3v) is 4.63. The predicted molar refractivity (Wildman–Crippen MR) is 106 cm³/mol. The molecule has 7 nitrogen and oxygen atoms in total. The number of nitrogens with two attached hydrogens (primary N) is 1. The number of esters is 1. The average molecular weight is 400 g/mol. The SMILES string of the molecule is NC(=S)[C@@H]1O[C@H](COC(=O)c2ccccc2)[C@@H](O)[C@H]1NC(=O)c1ccccc1. The van der Waals surface area contributed by atoms with Crippen molar-refractivity contribution in [2.24, 2.45) is 5.73 Å². The minimum absolute atomic E-state index is 0.00528. The van der Waals surface area contributed by atoms with Crippen molar-refractivity contribution >= 4 is 29.1 Å². The second-order valence-corrected chi connectivity index (χ2v) is 6.79. The number of carbonyl (C=O) groups excluding carboxylic acids is 2. The monoisotopic (exact) mass is 400 g/mol. The summed E-state index contributed by atoms with van der Waals surface area (Å²) < 4.78 is 10.9. The van der Waals surface area contributed by atoms with Crippen LogP contribution in [0.15, 0.2) is 60.7 Å². The Morgan fingerprint density at radius 3 is 2.21 bits per heavy atom. The summed E-state index contributed by atoms with van der Waals surface area (Å²) in [6, 6.07) is 16.1. The lowest BCUT2D eigenvalue weighted by atomic mass is 10.0. The number of carbonyl (C=O) groups is 2. The summed E-state index contributed by atoms with van der Waals surface area (Å²) >= 11 is 5.00. The molecule has 28 heavy (non-hydrogen) atoms. The Balaban J connectivity index is 1.65. The van der Waals surface area contributed by atoms with Gasteiger partial charge in [-0.3, -0.25) is 4.79 Å². The van der Waals surface area contributed by atoms with Gasteiger partial charge < -0.3 is 25.6 Å². The summed E-state index contributed by atoms with van der Waals surface area (Å²) in [6.45, 7) is -0.203. The van der Waals surface area contributed by atoms with Gasteiger partial charge in [0.1, 0.15) is 29.9 Å². The van der Waals surface area contributed by atoms with Crippen LogP contribution >= 0.6 is 12.2 Å². The Hall–Kier alpha value is -2.81. The van der Waals surface area contributed by atoms with E-state index in [9.17, 15) is 14.7 Å². The fraction of sp³-hybridized carbons (Fsp3) is 0.250. The van der Waals surface area contributed by atoms with Crippen LogP contribution in [-0.2, 0) is 9.47 Å². The summed E-state index contributed by atoms with van der Waals surface area (Å²) in [6.07, 6.45) is -2.90. The van der Waals surface area contributed by atoms with E-state index in [-0.39, 0.29) is 11.6 Å². The molecule has 4 atom stereocenters. The summed E-state index contributed by atoms with van der Waals surface area (Å²) in [5, 5.41) is 13.3. The number of thiocarbonyl (C=S) groups is 1. The number of hydrogen-bond acceptors (Lipinski definition) is 6. The predicted octanol–water partition coefficient (Wildman–Crippen LogP) is 1.06. The van der Waals surface area contributed by atoms with Gasteiger partial charge in [0.25, 0.3) is 5.91 Å². The highest BCUT2D eigenvalue weighted by Gasteiger charge is 2.46. The molecule has 0 saturated carbocycles. The van der Waals surface area contributed by atoms with Gasteiger partial charge in [0.05, 0.1) is 11.6 Å². The van der Waals surface area contributed by atoms with Gasteiger partial charge in [-0.2, -0.15) is 0 Å². The third-order valence-electron chi connectivity index (χ3n) is 4.40. The van der Waals surface area contributed by atoms with Gasteiger partial charge in [-0.1, -0.05) is 48.6 Å². The quantitative estimate of drug-likeness (QED) is 0.491. The molecule has 2 aromatic carbocycles. The number of benzene rings is 2. The topological polar surface area (TPSA) is 111 Å². The van der Waals surface area contributed by atoms with Crippen LogP contribution in [0.2, 0.25) is 0 Å². The molecule has 1 aliphatic rings. The summed E-state index contributed by atoms with van der Waals surface area (Å²) in [5.74, 6) is -0.934. The maximum atomic E-state index is 12.4. The van der Waals surface area contributed by atoms with Crippen LogP contribution in [-0.4, -0.2) is 52.9 Å². The van der Waals surface area contributed by atoms with Gasteiger partial charge >= 0.3 is 5.97 Å². The van der Waals surface area contributed by atoms with E-state index in [1.807, 2.05) is 0 Å². The molecule has 0 spiro atoms. The second kappa shape index (κ2) is 8.92. The van der Waals surface area contributed by atoms with Crippen molar-refractivity contribution in [3.63, 3.8) is 0 Å². The molecule has 0 bridgehead atoms. The van der Waals surface area contributed by atoms with Crippen LogP contribution in [0.3, 0.4) is 0 Å². The molecule has 0 radical (unpaired) electrons. The molecule has 1 aliphatic heterocycles. The van der Waals surface area contributed by atoms with Gasteiger partial charge in [-0.15, -0.1) is 0 Å². The van der Waals surface area contributed by atoms with Crippen molar-refractivity contribution < 1.29 is 24.2 Å². The first-order chi connectivity index (χ1) is 13.5. The Morgan fingerprint density at radius 1 is 1.07 bits per heavy atom. The van der Waals surface area contributed by atoms with Crippen LogP contribution in [0.25, 0.3) is 0 Å². The molecule has 0 unspecified atom stereocenters. The van der Waals surface area contributed by atoms with Crippen LogP contribution in [0.1, 0.15) is 20.7 Å². The zero-order valence-corrected chi connectivity index (χ0v) is 15.7. The number of aliphatic hydroxyl groups excluding tert-OH is 1. The van der Waals surface area contributed by atoms with Gasteiger partial charge in [-0.25, -0.2) is 4.79 Å². The largest absolute Gasteiger partial charge is 0.459 e. The first-order valence-electron chi connectivity index (χ1n) is 8.68. The van der Waals surface area contributed by atoms with E-state index in [0.29, 0.717) is 11.1 Å². The molecule has 1 fully saturated rings. The number of amides is 1. The van der Waals surface area contributed by atoms with Gasteiger partial charge in [0, 0.05) is 5.56 Å². The molecule has 3 rings (SSSR count). The van der Waals surface area contributed by atoms with Crippen LogP contribution in [0, 0.1) is 0 Å². The fourth-order valence-corrected chi connectivity index (χ4v) is 3.15. The van der Waals surface area contributed by atoms with Crippen molar-refractivity contribution in [2.75, 3.05) is 6.61 Å². The van der Waals surface area contributed by atoms with E-state index < -0.39 is 36.2 Å². The van der Waals surface area contributed by atoms with Gasteiger partial charge in [-0.05, 0) is 24.3 Å². The molecule has 0 aromatic heterocycles. The van der Waals surface area contributed by atoms with Crippen LogP contribution in [0.4, 0.5) is 0 Å². The van der Waals surface area contributed by atoms with Gasteiger partial charge in [0.15, 0.2) is 0 Å². The van der Waals surface area contributed by atoms with Crippen LogP contribution in [0.5, 0.6) is 0 Å².